The normalized spacial score (nSPS) is 17.8. The Hall–Kier alpha value is -1.32. The summed E-state index contributed by atoms with van der Waals surface area (Å²) in [5.41, 5.74) is 0. The van der Waals surface area contributed by atoms with Crippen LogP contribution in [0.5, 0.6) is 0 Å². The van der Waals surface area contributed by atoms with Crippen LogP contribution in [-0.4, -0.2) is 18.0 Å². The third-order valence-corrected chi connectivity index (χ3v) is 3.83. The summed E-state index contributed by atoms with van der Waals surface area (Å²) in [7, 11) is 0. The van der Waals surface area contributed by atoms with Gasteiger partial charge in [0, 0.05) is 12.8 Å². The molecule has 4 nitrogen and oxygen atoms in total. The third-order valence-electron chi connectivity index (χ3n) is 3.83. The minimum absolute atomic E-state index is 0.149. The van der Waals surface area contributed by atoms with Crippen LogP contribution in [-0.2, 0) is 19.1 Å². The van der Waals surface area contributed by atoms with Crippen LogP contribution in [0.3, 0.4) is 0 Å². The first-order chi connectivity index (χ1) is 10.7. The molecule has 0 saturated carbocycles. The quantitative estimate of drug-likeness (QED) is 0.411. The Morgan fingerprint density at radius 2 is 1.82 bits per heavy atom. The van der Waals surface area contributed by atoms with Gasteiger partial charge in [0.15, 0.2) is 0 Å². The maximum Gasteiger partial charge on any atom is 0.334 e. The van der Waals surface area contributed by atoms with Crippen molar-refractivity contribution >= 4 is 11.9 Å². The zero-order valence-electron chi connectivity index (χ0n) is 14.1. The molecule has 1 rings (SSSR count). The summed E-state index contributed by atoms with van der Waals surface area (Å²) in [5, 5.41) is 0. The molecule has 0 fully saturated rings. The van der Waals surface area contributed by atoms with Crippen LogP contribution in [0.25, 0.3) is 0 Å². The number of hydrogen-bond acceptors (Lipinski definition) is 4. The van der Waals surface area contributed by atoms with Crippen LogP contribution in [0.15, 0.2) is 11.8 Å². The number of esters is 2. The van der Waals surface area contributed by atoms with Gasteiger partial charge in [-0.25, -0.2) is 4.79 Å². The molecule has 1 aliphatic heterocycles. The van der Waals surface area contributed by atoms with Gasteiger partial charge in [0.25, 0.3) is 0 Å². The van der Waals surface area contributed by atoms with E-state index >= 15 is 0 Å². The molecule has 0 N–H and O–H groups in total. The topological polar surface area (TPSA) is 52.6 Å². The Balaban J connectivity index is 2.17. The summed E-state index contributed by atoms with van der Waals surface area (Å²) in [6, 6.07) is 0. The second-order valence-corrected chi connectivity index (χ2v) is 6.01. The minimum Gasteiger partial charge on any atom is -0.459 e. The van der Waals surface area contributed by atoms with E-state index in [1.165, 1.54) is 38.2 Å². The van der Waals surface area contributed by atoms with Crippen LogP contribution in [0, 0.1) is 0 Å². The summed E-state index contributed by atoms with van der Waals surface area (Å²) in [4.78, 5) is 23.2. The summed E-state index contributed by atoms with van der Waals surface area (Å²) in [5.74, 6) is -0.171. The van der Waals surface area contributed by atoms with Gasteiger partial charge >= 0.3 is 11.9 Å². The highest BCUT2D eigenvalue weighted by atomic mass is 16.6. The monoisotopic (exact) mass is 310 g/mol. The number of hydrogen-bond donors (Lipinski definition) is 0. The molecule has 0 saturated heterocycles. The van der Waals surface area contributed by atoms with Crippen molar-refractivity contribution in [2.24, 2.45) is 0 Å². The lowest BCUT2D eigenvalue weighted by molar-refractivity contribution is -0.148. The van der Waals surface area contributed by atoms with Crippen molar-refractivity contribution in [2.75, 3.05) is 0 Å². The average molecular weight is 310 g/mol. The molecule has 1 atom stereocenters. The largest absolute Gasteiger partial charge is 0.459 e. The Morgan fingerprint density at radius 3 is 2.50 bits per heavy atom. The summed E-state index contributed by atoms with van der Waals surface area (Å²) in [6.45, 7) is 4.25. The minimum atomic E-state index is -0.400. The first-order valence-electron chi connectivity index (χ1n) is 8.77. The van der Waals surface area contributed by atoms with E-state index in [2.05, 4.69) is 6.92 Å². The summed E-state index contributed by atoms with van der Waals surface area (Å²) in [6.07, 6.45) is 12.0. The van der Waals surface area contributed by atoms with Gasteiger partial charge in [-0.15, -0.1) is 0 Å². The number of carbonyl (C=O) groups is 2. The fourth-order valence-electron chi connectivity index (χ4n) is 2.63. The summed E-state index contributed by atoms with van der Waals surface area (Å²) < 4.78 is 10.5. The summed E-state index contributed by atoms with van der Waals surface area (Å²) >= 11 is 0. The molecule has 22 heavy (non-hydrogen) atoms. The molecule has 0 bridgehead atoms. The average Bonchev–Trinajstić information content (AvgIpc) is 2.46. The second-order valence-electron chi connectivity index (χ2n) is 6.01. The van der Waals surface area contributed by atoms with Crippen LogP contribution >= 0.6 is 0 Å². The van der Waals surface area contributed by atoms with Crippen LogP contribution in [0.2, 0.25) is 0 Å². The lowest BCUT2D eigenvalue weighted by Gasteiger charge is -2.22. The maximum absolute atomic E-state index is 11.8. The Bertz CT molecular complexity index is 373. The van der Waals surface area contributed by atoms with E-state index in [0.29, 0.717) is 18.6 Å². The first-order valence-corrected chi connectivity index (χ1v) is 8.77. The molecule has 1 heterocycles. The van der Waals surface area contributed by atoms with Gasteiger partial charge in [-0.2, -0.15) is 0 Å². The fourth-order valence-corrected chi connectivity index (χ4v) is 2.63. The van der Waals surface area contributed by atoms with Gasteiger partial charge < -0.3 is 9.47 Å². The van der Waals surface area contributed by atoms with Gasteiger partial charge in [0.05, 0.1) is 6.08 Å². The molecule has 0 spiro atoms. The van der Waals surface area contributed by atoms with E-state index in [0.717, 1.165) is 25.7 Å². The predicted molar refractivity (Wildman–Crippen MR) is 86.2 cm³/mol. The highest BCUT2D eigenvalue weighted by Gasteiger charge is 2.23. The van der Waals surface area contributed by atoms with Gasteiger partial charge in [0.2, 0.25) is 0 Å². The Morgan fingerprint density at radius 1 is 1.14 bits per heavy atom. The van der Waals surface area contributed by atoms with Gasteiger partial charge in [-0.05, 0) is 12.8 Å². The number of unbranched alkanes of at least 4 members (excludes halogenated alkanes) is 6. The second kappa shape index (κ2) is 11.3. The molecular weight excluding hydrogens is 280 g/mol. The molecule has 1 unspecified atom stereocenters. The number of carbonyl (C=O) groups excluding carboxylic acids is 2. The lowest BCUT2D eigenvalue weighted by atomic mass is 10.1. The van der Waals surface area contributed by atoms with E-state index < -0.39 is 5.97 Å². The molecule has 126 valence electrons. The van der Waals surface area contributed by atoms with Crippen molar-refractivity contribution < 1.29 is 19.1 Å². The highest BCUT2D eigenvalue weighted by Crippen LogP contribution is 2.21. The van der Waals surface area contributed by atoms with Gasteiger partial charge in [0.1, 0.15) is 11.9 Å². The first kappa shape index (κ1) is 18.7. The molecule has 4 heteroatoms. The Kier molecular flexibility index (Phi) is 9.60. The van der Waals surface area contributed by atoms with Crippen molar-refractivity contribution in [3.05, 3.63) is 11.8 Å². The van der Waals surface area contributed by atoms with Crippen molar-refractivity contribution in [2.45, 2.75) is 90.6 Å². The molecule has 0 aliphatic carbocycles. The molecule has 0 aromatic rings. The van der Waals surface area contributed by atoms with Gasteiger partial charge in [-0.3, -0.25) is 4.79 Å². The number of cyclic esters (lactones) is 1. The highest BCUT2D eigenvalue weighted by molar-refractivity contribution is 5.84. The number of ether oxygens (including phenoxy) is 2. The zero-order chi connectivity index (χ0) is 16.2. The van der Waals surface area contributed by atoms with Crippen molar-refractivity contribution in [1.82, 2.24) is 0 Å². The SMILES string of the molecule is CCCCCCCCCC(=O)OC1=CC(=O)OC(CCC)C1. The molecule has 1 aliphatic rings. The lowest BCUT2D eigenvalue weighted by Crippen LogP contribution is -2.24. The van der Waals surface area contributed by atoms with Gasteiger partial charge in [-0.1, -0.05) is 58.8 Å². The molecule has 0 radical (unpaired) electrons. The van der Waals surface area contributed by atoms with Crippen LogP contribution in [0.1, 0.15) is 84.5 Å². The predicted octanol–water partition coefficient (Wildman–Crippen LogP) is 4.67. The molecule has 0 aromatic carbocycles. The van der Waals surface area contributed by atoms with E-state index in [1.54, 1.807) is 0 Å². The van der Waals surface area contributed by atoms with Crippen molar-refractivity contribution in [3.8, 4) is 0 Å². The fraction of sp³-hybridized carbons (Fsp3) is 0.778. The maximum atomic E-state index is 11.8. The molecular formula is C18H30O4. The van der Waals surface area contributed by atoms with Crippen molar-refractivity contribution in [1.29, 1.82) is 0 Å². The molecule has 0 aromatic heterocycles. The standard InChI is InChI=1S/C18H30O4/c1-3-5-6-7-8-9-10-12-17(19)22-16-13-15(11-4-2)21-18(20)14-16/h14-15H,3-13H2,1-2H3. The van der Waals surface area contributed by atoms with Crippen LogP contribution in [0.4, 0.5) is 0 Å². The Labute approximate surface area is 134 Å². The van der Waals surface area contributed by atoms with Crippen molar-refractivity contribution in [3.63, 3.8) is 0 Å². The van der Waals surface area contributed by atoms with E-state index in [4.69, 9.17) is 9.47 Å². The van der Waals surface area contributed by atoms with E-state index in [9.17, 15) is 9.59 Å². The van der Waals surface area contributed by atoms with E-state index in [-0.39, 0.29) is 12.1 Å². The zero-order valence-corrected chi connectivity index (χ0v) is 14.1. The third kappa shape index (κ3) is 8.20. The number of rotatable bonds is 11. The van der Waals surface area contributed by atoms with E-state index in [1.807, 2.05) is 6.92 Å². The molecule has 0 amide bonds. The van der Waals surface area contributed by atoms with Crippen LogP contribution < -0.4 is 0 Å². The smallest absolute Gasteiger partial charge is 0.334 e.